The highest BCUT2D eigenvalue weighted by Gasteiger charge is 2.17. The molecule has 0 aromatic heterocycles. The predicted octanol–water partition coefficient (Wildman–Crippen LogP) is 1.92. The van der Waals surface area contributed by atoms with Crippen LogP contribution in [0.4, 0.5) is 0 Å². The van der Waals surface area contributed by atoms with E-state index in [1.165, 1.54) is 0 Å². The summed E-state index contributed by atoms with van der Waals surface area (Å²) in [5.41, 5.74) is 0. The van der Waals surface area contributed by atoms with Crippen LogP contribution in [0.3, 0.4) is 0 Å². The van der Waals surface area contributed by atoms with Crippen LogP contribution in [0, 0.1) is 0 Å². The van der Waals surface area contributed by atoms with Crippen LogP contribution in [0.5, 0.6) is 0 Å². The minimum absolute atomic E-state index is 0.0889. The highest BCUT2D eigenvalue weighted by molar-refractivity contribution is 14.1. The molecule has 0 aliphatic carbocycles. The summed E-state index contributed by atoms with van der Waals surface area (Å²) in [6, 6.07) is 0. The summed E-state index contributed by atoms with van der Waals surface area (Å²) in [7, 11) is 0. The van der Waals surface area contributed by atoms with Gasteiger partial charge in [0.2, 0.25) is 0 Å². The van der Waals surface area contributed by atoms with Gasteiger partial charge in [-0.15, -0.1) is 11.6 Å². The topological polar surface area (TPSA) is 52.6 Å². The summed E-state index contributed by atoms with van der Waals surface area (Å²) < 4.78 is 10.3. The van der Waals surface area contributed by atoms with E-state index in [-0.39, 0.29) is 18.3 Å². The number of alkyl halides is 2. The van der Waals surface area contributed by atoms with Crippen molar-refractivity contribution in [2.45, 2.75) is 25.9 Å². The van der Waals surface area contributed by atoms with Crippen LogP contribution in [-0.2, 0) is 19.1 Å². The van der Waals surface area contributed by atoms with Crippen LogP contribution < -0.4 is 0 Å². The van der Waals surface area contributed by atoms with Crippen LogP contribution in [-0.4, -0.2) is 35.0 Å². The zero-order chi connectivity index (χ0) is 11.7. The number of carbonyl (C=O) groups excluding carboxylic acids is 2. The Morgan fingerprint density at radius 1 is 1.40 bits per heavy atom. The van der Waals surface area contributed by atoms with E-state index in [1.54, 1.807) is 0 Å². The summed E-state index contributed by atoms with van der Waals surface area (Å²) >= 11 is 7.32. The largest absolute Gasteiger partial charge is 0.466 e. The SMILES string of the molecule is CCCOC(=O)CC(CI)OC(=O)CCl. The van der Waals surface area contributed by atoms with Crippen molar-refractivity contribution in [3.8, 4) is 0 Å². The highest BCUT2D eigenvalue weighted by Crippen LogP contribution is 2.06. The maximum absolute atomic E-state index is 11.2. The molecule has 0 saturated carbocycles. The van der Waals surface area contributed by atoms with Crippen molar-refractivity contribution in [2.24, 2.45) is 0 Å². The summed E-state index contributed by atoms with van der Waals surface area (Å²) in [5.74, 6) is -1.06. The molecule has 0 aliphatic rings. The second kappa shape index (κ2) is 9.21. The van der Waals surface area contributed by atoms with Gasteiger partial charge in [-0.25, -0.2) is 0 Å². The van der Waals surface area contributed by atoms with E-state index in [0.29, 0.717) is 11.0 Å². The van der Waals surface area contributed by atoms with Gasteiger partial charge in [0.05, 0.1) is 13.0 Å². The molecule has 88 valence electrons. The average molecular weight is 349 g/mol. The fourth-order valence-corrected chi connectivity index (χ4v) is 1.36. The summed E-state index contributed by atoms with van der Waals surface area (Å²) in [6.07, 6.45) is 0.425. The Hall–Kier alpha value is -0.0400. The lowest BCUT2D eigenvalue weighted by Crippen LogP contribution is -2.24. The second-order valence-electron chi connectivity index (χ2n) is 2.82. The van der Waals surface area contributed by atoms with Gasteiger partial charge in [0.1, 0.15) is 12.0 Å². The van der Waals surface area contributed by atoms with E-state index in [1.807, 2.05) is 29.5 Å². The normalized spacial score (nSPS) is 11.9. The molecule has 6 heteroatoms. The van der Waals surface area contributed by atoms with E-state index in [0.717, 1.165) is 6.42 Å². The highest BCUT2D eigenvalue weighted by atomic mass is 127. The van der Waals surface area contributed by atoms with Gasteiger partial charge in [0.15, 0.2) is 0 Å². The number of carbonyl (C=O) groups is 2. The molecule has 4 nitrogen and oxygen atoms in total. The molecule has 0 radical (unpaired) electrons. The molecule has 0 amide bonds. The Morgan fingerprint density at radius 3 is 2.53 bits per heavy atom. The average Bonchev–Trinajstić information content (AvgIpc) is 2.25. The van der Waals surface area contributed by atoms with Crippen molar-refractivity contribution in [1.82, 2.24) is 0 Å². The molecular formula is C9H14ClIO4. The van der Waals surface area contributed by atoms with Gasteiger partial charge in [-0.3, -0.25) is 9.59 Å². The lowest BCUT2D eigenvalue weighted by molar-refractivity contribution is -0.152. The minimum Gasteiger partial charge on any atom is -0.466 e. The van der Waals surface area contributed by atoms with Gasteiger partial charge >= 0.3 is 11.9 Å². The first-order valence-electron chi connectivity index (χ1n) is 4.61. The van der Waals surface area contributed by atoms with E-state index < -0.39 is 12.1 Å². The van der Waals surface area contributed by atoms with Gasteiger partial charge in [0, 0.05) is 4.43 Å². The fourth-order valence-electron chi connectivity index (χ4n) is 0.806. The van der Waals surface area contributed by atoms with Crippen molar-refractivity contribution < 1.29 is 19.1 Å². The molecule has 1 atom stereocenters. The molecule has 0 rings (SSSR count). The summed E-state index contributed by atoms with van der Waals surface area (Å²) in [5, 5.41) is 0. The molecule has 0 aliphatic heterocycles. The Balaban J connectivity index is 3.87. The van der Waals surface area contributed by atoms with Gasteiger partial charge in [-0.2, -0.15) is 0 Å². The lowest BCUT2D eigenvalue weighted by atomic mass is 10.3. The van der Waals surface area contributed by atoms with Crippen molar-refractivity contribution in [3.05, 3.63) is 0 Å². The van der Waals surface area contributed by atoms with Crippen LogP contribution in [0.1, 0.15) is 19.8 Å². The zero-order valence-corrected chi connectivity index (χ0v) is 11.4. The van der Waals surface area contributed by atoms with E-state index in [9.17, 15) is 9.59 Å². The number of rotatable bonds is 7. The number of hydrogen-bond acceptors (Lipinski definition) is 4. The first kappa shape index (κ1) is 15.0. The third-order valence-corrected chi connectivity index (χ3v) is 2.64. The van der Waals surface area contributed by atoms with Gasteiger partial charge in [0.25, 0.3) is 0 Å². The Bertz CT molecular complexity index is 210. The van der Waals surface area contributed by atoms with Crippen molar-refractivity contribution in [2.75, 3.05) is 16.9 Å². The molecule has 0 heterocycles. The molecule has 0 bridgehead atoms. The molecule has 1 unspecified atom stereocenters. The van der Waals surface area contributed by atoms with E-state index in [2.05, 4.69) is 0 Å². The minimum atomic E-state index is -0.512. The van der Waals surface area contributed by atoms with Gasteiger partial charge in [-0.1, -0.05) is 29.5 Å². The maximum Gasteiger partial charge on any atom is 0.321 e. The van der Waals surface area contributed by atoms with Crippen LogP contribution in [0.25, 0.3) is 0 Å². The molecule has 0 aromatic rings. The summed E-state index contributed by atoms with van der Waals surface area (Å²) in [4.78, 5) is 22.1. The predicted molar refractivity (Wildman–Crippen MR) is 65.4 cm³/mol. The first-order valence-corrected chi connectivity index (χ1v) is 6.67. The van der Waals surface area contributed by atoms with Gasteiger partial charge in [-0.05, 0) is 6.42 Å². The number of hydrogen-bond donors (Lipinski definition) is 0. The molecular weight excluding hydrogens is 334 g/mol. The molecule has 15 heavy (non-hydrogen) atoms. The second-order valence-corrected chi connectivity index (χ2v) is 3.97. The number of ether oxygens (including phenoxy) is 2. The van der Waals surface area contributed by atoms with Crippen LogP contribution in [0.2, 0.25) is 0 Å². The number of halogens is 2. The maximum atomic E-state index is 11.2. The third kappa shape index (κ3) is 7.84. The first-order chi connectivity index (χ1) is 7.13. The Morgan fingerprint density at radius 2 is 2.07 bits per heavy atom. The van der Waals surface area contributed by atoms with Crippen molar-refractivity contribution in [1.29, 1.82) is 0 Å². The quantitative estimate of drug-likeness (QED) is 0.401. The monoisotopic (exact) mass is 348 g/mol. The Kier molecular flexibility index (Phi) is 9.18. The molecule has 0 spiro atoms. The lowest BCUT2D eigenvalue weighted by Gasteiger charge is -2.13. The Labute approximate surface area is 108 Å². The summed E-state index contributed by atoms with van der Waals surface area (Å²) in [6.45, 7) is 2.31. The molecule has 0 fully saturated rings. The van der Waals surface area contributed by atoms with Crippen LogP contribution in [0.15, 0.2) is 0 Å². The van der Waals surface area contributed by atoms with Gasteiger partial charge < -0.3 is 9.47 Å². The standard InChI is InChI=1S/C9H14ClIO4/c1-2-3-14-8(12)4-7(6-11)15-9(13)5-10/h7H,2-6H2,1H3. The molecule has 0 saturated heterocycles. The van der Waals surface area contributed by atoms with Crippen LogP contribution >= 0.6 is 34.2 Å². The third-order valence-electron chi connectivity index (χ3n) is 1.44. The van der Waals surface area contributed by atoms with E-state index >= 15 is 0 Å². The molecule has 0 N–H and O–H groups in total. The molecule has 0 aromatic carbocycles. The van der Waals surface area contributed by atoms with Crippen molar-refractivity contribution in [3.63, 3.8) is 0 Å². The van der Waals surface area contributed by atoms with Crippen molar-refractivity contribution >= 4 is 46.1 Å². The number of esters is 2. The smallest absolute Gasteiger partial charge is 0.321 e. The fraction of sp³-hybridized carbons (Fsp3) is 0.778. The zero-order valence-electron chi connectivity index (χ0n) is 8.50. The van der Waals surface area contributed by atoms with E-state index in [4.69, 9.17) is 21.1 Å².